The van der Waals surface area contributed by atoms with Crippen LogP contribution >= 0.6 is 0 Å². The first kappa shape index (κ1) is 14.3. The first-order valence-electron chi connectivity index (χ1n) is 6.48. The van der Waals surface area contributed by atoms with Crippen LogP contribution in [0, 0.1) is 0 Å². The minimum Gasteiger partial charge on any atom is -0.508 e. The van der Waals surface area contributed by atoms with Crippen LogP contribution in [-0.2, 0) is 14.8 Å². The maximum atomic E-state index is 11.9. The molecule has 0 spiro atoms. The van der Waals surface area contributed by atoms with E-state index < -0.39 is 10.0 Å². The summed E-state index contributed by atoms with van der Waals surface area (Å²) in [7, 11) is -3.57. The molecule has 19 heavy (non-hydrogen) atoms. The average Bonchev–Trinajstić information content (AvgIpc) is 2.88. The summed E-state index contributed by atoms with van der Waals surface area (Å²) < 4.78 is 31.8. The lowest BCUT2D eigenvalue weighted by atomic mass is 10.3. The van der Waals surface area contributed by atoms with E-state index in [0.29, 0.717) is 6.61 Å². The van der Waals surface area contributed by atoms with Crippen molar-refractivity contribution in [1.29, 1.82) is 0 Å². The third kappa shape index (κ3) is 4.19. The van der Waals surface area contributed by atoms with Gasteiger partial charge in [0, 0.05) is 6.54 Å². The van der Waals surface area contributed by atoms with Crippen molar-refractivity contribution in [2.24, 2.45) is 0 Å². The molecule has 0 unspecified atom stereocenters. The number of benzene rings is 1. The van der Waals surface area contributed by atoms with E-state index in [2.05, 4.69) is 4.72 Å². The zero-order chi connectivity index (χ0) is 13.7. The Bertz CT molecular complexity index is 509. The molecule has 5 nitrogen and oxygen atoms in total. The number of nitrogens with one attached hydrogen (secondary N) is 1. The van der Waals surface area contributed by atoms with Gasteiger partial charge in [-0.25, -0.2) is 13.1 Å². The lowest BCUT2D eigenvalue weighted by Gasteiger charge is -2.11. The summed E-state index contributed by atoms with van der Waals surface area (Å²) in [5, 5.41) is 9.27. The van der Waals surface area contributed by atoms with Gasteiger partial charge in [0.15, 0.2) is 0 Å². The number of ether oxygens (including phenoxy) is 1. The fraction of sp³-hybridized carbons (Fsp3) is 0.538. The highest BCUT2D eigenvalue weighted by molar-refractivity contribution is 7.89. The molecule has 2 N–H and O–H groups in total. The summed E-state index contributed by atoms with van der Waals surface area (Å²) >= 11 is 0. The monoisotopic (exact) mass is 285 g/mol. The Kier molecular flexibility index (Phi) is 4.79. The molecule has 0 aromatic heterocycles. The van der Waals surface area contributed by atoms with Crippen molar-refractivity contribution in [2.45, 2.75) is 36.7 Å². The number of hydrogen-bond acceptors (Lipinski definition) is 4. The molecule has 1 aliphatic rings. The zero-order valence-electron chi connectivity index (χ0n) is 10.7. The van der Waals surface area contributed by atoms with Gasteiger partial charge in [-0.1, -0.05) is 18.9 Å². The van der Waals surface area contributed by atoms with E-state index in [4.69, 9.17) is 4.74 Å². The van der Waals surface area contributed by atoms with Crippen LogP contribution in [0.15, 0.2) is 29.2 Å². The molecule has 1 aliphatic carbocycles. The van der Waals surface area contributed by atoms with Gasteiger partial charge in [0.05, 0.1) is 17.6 Å². The summed E-state index contributed by atoms with van der Waals surface area (Å²) in [4.78, 5) is 0.0633. The van der Waals surface area contributed by atoms with E-state index in [0.717, 1.165) is 12.8 Å². The molecule has 1 fully saturated rings. The Morgan fingerprint density at radius 2 is 2.05 bits per heavy atom. The second-order valence-electron chi connectivity index (χ2n) is 4.67. The molecular weight excluding hydrogens is 266 g/mol. The summed E-state index contributed by atoms with van der Waals surface area (Å²) in [6, 6.07) is 5.60. The number of aromatic hydroxyl groups is 1. The minimum atomic E-state index is -3.57. The van der Waals surface area contributed by atoms with Crippen molar-refractivity contribution < 1.29 is 18.3 Å². The number of phenolic OH excluding ortho intramolecular Hbond substituents is 1. The van der Waals surface area contributed by atoms with E-state index in [1.807, 2.05) is 0 Å². The molecule has 0 atom stereocenters. The Morgan fingerprint density at radius 1 is 1.32 bits per heavy atom. The predicted molar refractivity (Wildman–Crippen MR) is 71.5 cm³/mol. The van der Waals surface area contributed by atoms with Crippen molar-refractivity contribution >= 4 is 10.0 Å². The zero-order valence-corrected chi connectivity index (χ0v) is 11.5. The largest absolute Gasteiger partial charge is 0.508 e. The Labute approximate surface area is 113 Å². The number of sulfonamides is 1. The van der Waals surface area contributed by atoms with Crippen molar-refractivity contribution in [3.05, 3.63) is 24.3 Å². The van der Waals surface area contributed by atoms with Gasteiger partial charge < -0.3 is 9.84 Å². The van der Waals surface area contributed by atoms with Crippen molar-refractivity contribution in [3.63, 3.8) is 0 Å². The molecule has 0 aliphatic heterocycles. The molecule has 1 aromatic carbocycles. The highest BCUT2D eigenvalue weighted by Gasteiger charge is 2.16. The van der Waals surface area contributed by atoms with Crippen molar-refractivity contribution in [2.75, 3.05) is 13.2 Å². The maximum Gasteiger partial charge on any atom is 0.240 e. The smallest absolute Gasteiger partial charge is 0.240 e. The third-order valence-electron chi connectivity index (χ3n) is 3.18. The molecule has 1 aromatic rings. The highest BCUT2D eigenvalue weighted by atomic mass is 32.2. The summed E-state index contributed by atoms with van der Waals surface area (Å²) in [5.74, 6) is -0.0647. The summed E-state index contributed by atoms with van der Waals surface area (Å²) in [6.45, 7) is 0.622. The van der Waals surface area contributed by atoms with Crippen LogP contribution in [0.2, 0.25) is 0 Å². The summed E-state index contributed by atoms with van der Waals surface area (Å²) in [6.07, 6.45) is 4.81. The Balaban J connectivity index is 1.80. The number of phenols is 1. The van der Waals surface area contributed by atoms with Crippen LogP contribution in [0.1, 0.15) is 25.7 Å². The predicted octanol–water partition coefficient (Wildman–Crippen LogP) is 1.63. The third-order valence-corrected chi connectivity index (χ3v) is 4.64. The molecule has 0 bridgehead atoms. The molecule has 2 rings (SSSR count). The molecule has 1 saturated carbocycles. The fourth-order valence-corrected chi connectivity index (χ4v) is 3.24. The SMILES string of the molecule is O=S(=O)(NCCOC1CCCC1)c1cccc(O)c1. The van der Waals surface area contributed by atoms with Gasteiger partial charge in [-0.3, -0.25) is 0 Å². The molecule has 0 heterocycles. The van der Waals surface area contributed by atoms with Gasteiger partial charge >= 0.3 is 0 Å². The standard InChI is InChI=1S/C13H19NO4S/c15-11-4-3-7-13(10-11)19(16,17)14-8-9-18-12-5-1-2-6-12/h3-4,7,10,12,14-15H,1-2,5-6,8-9H2. The van der Waals surface area contributed by atoms with Crippen molar-refractivity contribution in [3.8, 4) is 5.75 Å². The van der Waals surface area contributed by atoms with Crippen LogP contribution in [0.5, 0.6) is 5.75 Å². The molecule has 0 saturated heterocycles. The van der Waals surface area contributed by atoms with Crippen LogP contribution in [0.4, 0.5) is 0 Å². The van der Waals surface area contributed by atoms with E-state index >= 15 is 0 Å². The van der Waals surface area contributed by atoms with Gasteiger partial charge in [0.2, 0.25) is 10.0 Å². The topological polar surface area (TPSA) is 75.6 Å². The van der Waals surface area contributed by atoms with Gasteiger partial charge in [-0.15, -0.1) is 0 Å². The second-order valence-corrected chi connectivity index (χ2v) is 6.44. The van der Waals surface area contributed by atoms with Gasteiger partial charge in [-0.2, -0.15) is 0 Å². The Hall–Kier alpha value is -1.11. The molecule has 0 radical (unpaired) electrons. The van der Waals surface area contributed by atoms with Crippen molar-refractivity contribution in [1.82, 2.24) is 4.72 Å². The van der Waals surface area contributed by atoms with Crippen LogP contribution in [0.25, 0.3) is 0 Å². The molecular formula is C13H19NO4S. The molecule has 0 amide bonds. The summed E-state index contributed by atoms with van der Waals surface area (Å²) in [5.41, 5.74) is 0. The van der Waals surface area contributed by atoms with E-state index in [-0.39, 0.29) is 23.3 Å². The minimum absolute atomic E-state index is 0.0633. The number of rotatable bonds is 6. The Morgan fingerprint density at radius 3 is 2.74 bits per heavy atom. The normalized spacial score (nSPS) is 16.8. The van der Waals surface area contributed by atoms with E-state index in [1.54, 1.807) is 0 Å². The highest BCUT2D eigenvalue weighted by Crippen LogP contribution is 2.20. The van der Waals surface area contributed by atoms with Gasteiger partial charge in [-0.05, 0) is 31.0 Å². The molecule has 106 valence electrons. The lowest BCUT2D eigenvalue weighted by Crippen LogP contribution is -2.28. The van der Waals surface area contributed by atoms with Gasteiger partial charge in [0.25, 0.3) is 0 Å². The van der Waals surface area contributed by atoms with E-state index in [1.165, 1.54) is 37.1 Å². The average molecular weight is 285 g/mol. The van der Waals surface area contributed by atoms with Crippen LogP contribution in [-0.4, -0.2) is 32.8 Å². The van der Waals surface area contributed by atoms with Crippen LogP contribution < -0.4 is 4.72 Å². The quantitative estimate of drug-likeness (QED) is 0.779. The van der Waals surface area contributed by atoms with Crippen LogP contribution in [0.3, 0.4) is 0 Å². The molecule has 6 heteroatoms. The second kappa shape index (κ2) is 6.36. The fourth-order valence-electron chi connectivity index (χ4n) is 2.19. The van der Waals surface area contributed by atoms with E-state index in [9.17, 15) is 13.5 Å². The maximum absolute atomic E-state index is 11.9. The lowest BCUT2D eigenvalue weighted by molar-refractivity contribution is 0.0626. The number of hydrogen-bond donors (Lipinski definition) is 2. The first-order chi connectivity index (χ1) is 9.08. The van der Waals surface area contributed by atoms with Gasteiger partial charge in [0.1, 0.15) is 5.75 Å². The first-order valence-corrected chi connectivity index (χ1v) is 7.96.